The Bertz CT molecular complexity index is 677. The van der Waals surface area contributed by atoms with Gasteiger partial charge >= 0.3 is 18.1 Å². The molecule has 0 radical (unpaired) electrons. The molecule has 0 aliphatic heterocycles. The van der Waals surface area contributed by atoms with E-state index < -0.39 is 51.1 Å². The minimum atomic E-state index is -5.13. The van der Waals surface area contributed by atoms with E-state index in [1.807, 2.05) is 6.92 Å². The van der Waals surface area contributed by atoms with Crippen molar-refractivity contribution in [2.45, 2.75) is 77.7 Å². The lowest BCUT2D eigenvalue weighted by atomic mass is 9.79. The molecule has 1 aliphatic carbocycles. The average Bonchev–Trinajstić information content (AvgIpc) is 2.52. The van der Waals surface area contributed by atoms with Crippen molar-refractivity contribution in [3.8, 4) is 0 Å². The molecule has 1 atom stereocenters. The maximum Gasteiger partial charge on any atom is 0.426 e. The Morgan fingerprint density at radius 3 is 2.11 bits per heavy atom. The van der Waals surface area contributed by atoms with Gasteiger partial charge in [-0.2, -0.15) is 21.6 Å². The molecule has 28 heavy (non-hydrogen) atoms. The van der Waals surface area contributed by atoms with Gasteiger partial charge in [-0.15, -0.1) is 0 Å². The number of ether oxygens (including phenoxy) is 2. The fourth-order valence-electron chi connectivity index (χ4n) is 2.70. The van der Waals surface area contributed by atoms with Crippen LogP contribution in [-0.4, -0.2) is 48.5 Å². The number of rotatable bonds is 7. The lowest BCUT2D eigenvalue weighted by Crippen LogP contribution is -2.44. The molecule has 7 nitrogen and oxygen atoms in total. The van der Waals surface area contributed by atoms with Gasteiger partial charge in [0, 0.05) is 0 Å². The molecule has 0 spiro atoms. The van der Waals surface area contributed by atoms with Crippen LogP contribution in [-0.2, 0) is 29.2 Å². The standard InChI is InChI=1S/C17H27F3O7S/c1-5-15(2,3)14(22)27-16(4)8-6-11(7-9-16)13(21)26-12(17(18,19)20)10-28(23,24)25/h11-12H,5-10H2,1-4H3,(H,23,24,25). The van der Waals surface area contributed by atoms with Gasteiger partial charge < -0.3 is 9.47 Å². The zero-order chi connectivity index (χ0) is 22.0. The van der Waals surface area contributed by atoms with Gasteiger partial charge in [0.1, 0.15) is 11.4 Å². The number of carbonyl (C=O) groups is 2. The lowest BCUT2D eigenvalue weighted by molar-refractivity contribution is -0.218. The normalized spacial score (nSPS) is 25.1. The second kappa shape index (κ2) is 8.56. The summed E-state index contributed by atoms with van der Waals surface area (Å²) in [5.41, 5.74) is -1.51. The summed E-state index contributed by atoms with van der Waals surface area (Å²) in [5, 5.41) is 0. The molecule has 1 aliphatic rings. The van der Waals surface area contributed by atoms with Crippen LogP contribution in [0, 0.1) is 11.3 Å². The first-order valence-corrected chi connectivity index (χ1v) is 10.6. The van der Waals surface area contributed by atoms with Crippen LogP contribution in [0.4, 0.5) is 13.2 Å². The zero-order valence-electron chi connectivity index (χ0n) is 16.3. The van der Waals surface area contributed by atoms with Crippen LogP contribution in [0.2, 0.25) is 0 Å². The Hall–Kier alpha value is -1.36. The van der Waals surface area contributed by atoms with Crippen molar-refractivity contribution in [3.05, 3.63) is 0 Å². The lowest BCUT2D eigenvalue weighted by Gasteiger charge is -2.38. The first-order valence-electron chi connectivity index (χ1n) is 8.95. The fourth-order valence-corrected chi connectivity index (χ4v) is 3.34. The van der Waals surface area contributed by atoms with Crippen LogP contribution < -0.4 is 0 Å². The molecule has 11 heteroatoms. The highest BCUT2D eigenvalue weighted by Gasteiger charge is 2.47. The fraction of sp³-hybridized carbons (Fsp3) is 0.882. The summed E-state index contributed by atoms with van der Waals surface area (Å²) in [7, 11) is -4.99. The number of halogens is 3. The quantitative estimate of drug-likeness (QED) is 0.486. The maximum absolute atomic E-state index is 12.9. The van der Waals surface area contributed by atoms with Gasteiger partial charge in [0.15, 0.2) is 0 Å². The highest BCUT2D eigenvalue weighted by atomic mass is 32.2. The summed E-state index contributed by atoms with van der Waals surface area (Å²) in [6.45, 7) is 7.04. The highest BCUT2D eigenvalue weighted by Crippen LogP contribution is 2.38. The van der Waals surface area contributed by atoms with E-state index in [0.29, 0.717) is 6.42 Å². The van der Waals surface area contributed by atoms with E-state index in [-0.39, 0.29) is 31.7 Å². The van der Waals surface area contributed by atoms with Crippen molar-refractivity contribution in [1.82, 2.24) is 0 Å². The Labute approximate surface area is 162 Å². The zero-order valence-corrected chi connectivity index (χ0v) is 17.2. The van der Waals surface area contributed by atoms with E-state index in [4.69, 9.17) is 9.29 Å². The smallest absolute Gasteiger partial charge is 0.426 e. The number of hydrogen-bond acceptors (Lipinski definition) is 6. The molecule has 1 rings (SSSR count). The van der Waals surface area contributed by atoms with Crippen molar-refractivity contribution >= 4 is 22.1 Å². The maximum atomic E-state index is 12.9. The summed E-state index contributed by atoms with van der Waals surface area (Å²) in [4.78, 5) is 24.3. The summed E-state index contributed by atoms with van der Waals surface area (Å²) >= 11 is 0. The molecule has 1 N–H and O–H groups in total. The van der Waals surface area contributed by atoms with E-state index in [9.17, 15) is 31.2 Å². The van der Waals surface area contributed by atoms with E-state index in [1.165, 1.54) is 0 Å². The van der Waals surface area contributed by atoms with Crippen molar-refractivity contribution in [2.24, 2.45) is 11.3 Å². The summed E-state index contributed by atoms with van der Waals surface area (Å²) in [6, 6.07) is 0. The Morgan fingerprint density at radius 2 is 1.71 bits per heavy atom. The molecule has 0 saturated heterocycles. The molecule has 0 aromatic heterocycles. The van der Waals surface area contributed by atoms with Crippen molar-refractivity contribution in [1.29, 1.82) is 0 Å². The van der Waals surface area contributed by atoms with Crippen LogP contribution in [0.1, 0.15) is 59.8 Å². The average molecular weight is 432 g/mol. The molecule has 0 amide bonds. The topological polar surface area (TPSA) is 107 Å². The molecule has 0 aromatic rings. The Balaban J connectivity index is 2.71. The molecular formula is C17H27F3O7S. The summed E-state index contributed by atoms with van der Waals surface area (Å²) < 4.78 is 78.7. The first-order chi connectivity index (χ1) is 12.5. The largest absolute Gasteiger partial charge is 0.459 e. The SMILES string of the molecule is CCC(C)(C)C(=O)OC1(C)CCC(C(=O)OC(CS(=O)(=O)O)C(F)(F)F)CC1. The van der Waals surface area contributed by atoms with Crippen LogP contribution in [0.15, 0.2) is 0 Å². The van der Waals surface area contributed by atoms with E-state index in [0.717, 1.165) is 0 Å². The van der Waals surface area contributed by atoms with Gasteiger partial charge in [-0.05, 0) is 52.9 Å². The van der Waals surface area contributed by atoms with Crippen LogP contribution in [0.25, 0.3) is 0 Å². The highest BCUT2D eigenvalue weighted by molar-refractivity contribution is 7.85. The third-order valence-electron chi connectivity index (χ3n) is 5.14. The molecular weight excluding hydrogens is 405 g/mol. The number of hydrogen-bond donors (Lipinski definition) is 1. The molecule has 1 fully saturated rings. The molecule has 164 valence electrons. The van der Waals surface area contributed by atoms with Gasteiger partial charge in [0.05, 0.1) is 11.3 Å². The van der Waals surface area contributed by atoms with Crippen LogP contribution in [0.5, 0.6) is 0 Å². The van der Waals surface area contributed by atoms with Crippen molar-refractivity contribution in [2.75, 3.05) is 5.75 Å². The first kappa shape index (κ1) is 24.7. The molecule has 0 heterocycles. The number of esters is 2. The predicted molar refractivity (Wildman–Crippen MR) is 92.9 cm³/mol. The number of carbonyl (C=O) groups excluding carboxylic acids is 2. The van der Waals surface area contributed by atoms with Gasteiger partial charge in [0.2, 0.25) is 6.10 Å². The van der Waals surface area contributed by atoms with E-state index in [2.05, 4.69) is 4.74 Å². The Morgan fingerprint density at radius 1 is 1.21 bits per heavy atom. The van der Waals surface area contributed by atoms with E-state index >= 15 is 0 Å². The number of alkyl halides is 3. The molecule has 0 aromatic carbocycles. The van der Waals surface area contributed by atoms with Crippen LogP contribution in [0.3, 0.4) is 0 Å². The molecule has 1 unspecified atom stereocenters. The third kappa shape index (κ3) is 7.23. The van der Waals surface area contributed by atoms with Crippen molar-refractivity contribution in [3.63, 3.8) is 0 Å². The predicted octanol–water partition coefficient (Wildman–Crippen LogP) is 3.28. The third-order valence-corrected chi connectivity index (χ3v) is 5.86. The van der Waals surface area contributed by atoms with Gasteiger partial charge in [-0.25, -0.2) is 0 Å². The van der Waals surface area contributed by atoms with Gasteiger partial charge in [0.25, 0.3) is 10.1 Å². The second-order valence-corrected chi connectivity index (χ2v) is 9.56. The molecule has 1 saturated carbocycles. The molecule has 0 bridgehead atoms. The van der Waals surface area contributed by atoms with Crippen molar-refractivity contribution < 1.29 is 45.2 Å². The van der Waals surface area contributed by atoms with Gasteiger partial charge in [-0.3, -0.25) is 14.1 Å². The van der Waals surface area contributed by atoms with E-state index in [1.54, 1.807) is 20.8 Å². The summed E-state index contributed by atoms with van der Waals surface area (Å²) in [6.07, 6.45) is -6.72. The second-order valence-electron chi connectivity index (χ2n) is 8.07. The monoisotopic (exact) mass is 432 g/mol. The Kier molecular flexibility index (Phi) is 7.55. The minimum Gasteiger partial charge on any atom is -0.459 e. The van der Waals surface area contributed by atoms with Crippen LogP contribution >= 0.6 is 0 Å². The minimum absolute atomic E-state index is 0.131. The summed E-state index contributed by atoms with van der Waals surface area (Å²) in [5.74, 6) is -4.20. The van der Waals surface area contributed by atoms with Gasteiger partial charge in [-0.1, -0.05) is 6.92 Å².